The van der Waals surface area contributed by atoms with Crippen LogP contribution in [-0.2, 0) is 11.2 Å². The Labute approximate surface area is 95.5 Å². The van der Waals surface area contributed by atoms with Crippen LogP contribution < -0.4 is 11.1 Å². The van der Waals surface area contributed by atoms with Gasteiger partial charge in [0.05, 0.1) is 5.92 Å². The summed E-state index contributed by atoms with van der Waals surface area (Å²) in [6.45, 7) is 2.82. The molecule has 1 atom stereocenters. The van der Waals surface area contributed by atoms with Gasteiger partial charge in [0.2, 0.25) is 5.91 Å². The van der Waals surface area contributed by atoms with Crippen LogP contribution in [0.25, 0.3) is 0 Å². The second-order valence-corrected chi connectivity index (χ2v) is 3.70. The summed E-state index contributed by atoms with van der Waals surface area (Å²) in [6.07, 6.45) is 0.600. The van der Waals surface area contributed by atoms with E-state index >= 15 is 0 Å². The molecule has 0 aliphatic heterocycles. The van der Waals surface area contributed by atoms with Crippen molar-refractivity contribution in [1.29, 1.82) is 0 Å². The Morgan fingerprint density at radius 2 is 2.06 bits per heavy atom. The number of benzene rings is 1. The van der Waals surface area contributed by atoms with E-state index in [-0.39, 0.29) is 17.6 Å². The summed E-state index contributed by atoms with van der Waals surface area (Å²) in [5.41, 5.74) is 6.57. The van der Waals surface area contributed by atoms with Gasteiger partial charge in [0.25, 0.3) is 0 Å². The average molecular weight is 222 g/mol. The molecule has 4 nitrogen and oxygen atoms in total. The molecule has 88 valence electrons. The van der Waals surface area contributed by atoms with Gasteiger partial charge in [-0.15, -0.1) is 0 Å². The van der Waals surface area contributed by atoms with Gasteiger partial charge >= 0.3 is 0 Å². The number of rotatable bonds is 5. The van der Waals surface area contributed by atoms with E-state index in [1.54, 1.807) is 24.3 Å². The molecule has 0 bridgehead atoms. The number of phenolic OH excluding ortho intramolecular Hbond substituents is 1. The molecule has 4 N–H and O–H groups in total. The molecule has 0 radical (unpaired) electrons. The van der Waals surface area contributed by atoms with E-state index < -0.39 is 0 Å². The summed E-state index contributed by atoms with van der Waals surface area (Å²) in [5, 5.41) is 11.9. The molecule has 0 aliphatic carbocycles. The fourth-order valence-electron chi connectivity index (χ4n) is 1.52. The van der Waals surface area contributed by atoms with Crippen molar-refractivity contribution in [1.82, 2.24) is 5.32 Å². The van der Waals surface area contributed by atoms with Crippen LogP contribution in [0.5, 0.6) is 5.75 Å². The first-order valence-electron chi connectivity index (χ1n) is 5.43. The fraction of sp³-hybridized carbons (Fsp3) is 0.417. The lowest BCUT2D eigenvalue weighted by atomic mass is 9.98. The molecule has 1 unspecified atom stereocenters. The Morgan fingerprint density at radius 1 is 1.44 bits per heavy atom. The molecule has 0 aliphatic rings. The second kappa shape index (κ2) is 6.12. The monoisotopic (exact) mass is 222 g/mol. The van der Waals surface area contributed by atoms with Gasteiger partial charge in [0.15, 0.2) is 0 Å². The lowest BCUT2D eigenvalue weighted by Crippen LogP contribution is -2.36. The number of amides is 1. The SMILES string of the molecule is CCNC(=O)C(CN)Cc1ccc(O)cc1. The van der Waals surface area contributed by atoms with Crippen molar-refractivity contribution in [2.24, 2.45) is 11.7 Å². The number of carbonyl (C=O) groups is 1. The summed E-state index contributed by atoms with van der Waals surface area (Å²) in [6, 6.07) is 6.83. The number of hydrogen-bond donors (Lipinski definition) is 3. The van der Waals surface area contributed by atoms with Crippen molar-refractivity contribution in [2.75, 3.05) is 13.1 Å². The smallest absolute Gasteiger partial charge is 0.224 e. The van der Waals surface area contributed by atoms with E-state index in [0.717, 1.165) is 5.56 Å². The molecule has 1 amide bonds. The van der Waals surface area contributed by atoms with E-state index in [2.05, 4.69) is 5.32 Å². The molecule has 0 saturated carbocycles. The summed E-state index contributed by atoms with van der Waals surface area (Å²) < 4.78 is 0. The van der Waals surface area contributed by atoms with Gasteiger partial charge in [-0.3, -0.25) is 4.79 Å². The third-order valence-corrected chi connectivity index (χ3v) is 2.42. The molecule has 0 spiro atoms. The van der Waals surface area contributed by atoms with Gasteiger partial charge in [-0.25, -0.2) is 0 Å². The highest BCUT2D eigenvalue weighted by atomic mass is 16.3. The molecule has 1 aromatic carbocycles. The van der Waals surface area contributed by atoms with Crippen LogP contribution in [0.1, 0.15) is 12.5 Å². The second-order valence-electron chi connectivity index (χ2n) is 3.70. The molecule has 4 heteroatoms. The van der Waals surface area contributed by atoms with E-state index in [1.807, 2.05) is 6.92 Å². The Morgan fingerprint density at radius 3 is 2.56 bits per heavy atom. The average Bonchev–Trinajstić information content (AvgIpc) is 2.28. The van der Waals surface area contributed by atoms with Crippen molar-refractivity contribution < 1.29 is 9.90 Å². The normalized spacial score (nSPS) is 12.1. The summed E-state index contributed by atoms with van der Waals surface area (Å²) in [7, 11) is 0. The zero-order valence-electron chi connectivity index (χ0n) is 9.44. The minimum atomic E-state index is -0.204. The highest BCUT2D eigenvalue weighted by Gasteiger charge is 2.16. The van der Waals surface area contributed by atoms with Gasteiger partial charge in [-0.05, 0) is 31.0 Å². The zero-order valence-corrected chi connectivity index (χ0v) is 9.44. The van der Waals surface area contributed by atoms with E-state index in [1.165, 1.54) is 0 Å². The molecule has 16 heavy (non-hydrogen) atoms. The predicted molar refractivity (Wildman–Crippen MR) is 63.0 cm³/mol. The van der Waals surface area contributed by atoms with Crippen molar-refractivity contribution >= 4 is 5.91 Å². The van der Waals surface area contributed by atoms with Gasteiger partial charge in [0, 0.05) is 13.1 Å². The first-order chi connectivity index (χ1) is 7.67. The largest absolute Gasteiger partial charge is 0.508 e. The standard InChI is InChI=1S/C12H18N2O2/c1-2-14-12(16)10(8-13)7-9-3-5-11(15)6-4-9/h3-6,10,15H,2,7-8,13H2,1H3,(H,14,16). The Kier molecular flexibility index (Phi) is 4.79. The Balaban J connectivity index is 2.62. The van der Waals surface area contributed by atoms with Crippen molar-refractivity contribution in [3.8, 4) is 5.75 Å². The highest BCUT2D eigenvalue weighted by molar-refractivity contribution is 5.79. The third kappa shape index (κ3) is 3.55. The van der Waals surface area contributed by atoms with E-state index in [0.29, 0.717) is 19.5 Å². The lowest BCUT2D eigenvalue weighted by molar-refractivity contribution is -0.124. The molecule has 0 heterocycles. The van der Waals surface area contributed by atoms with E-state index in [4.69, 9.17) is 10.8 Å². The summed E-state index contributed by atoms with van der Waals surface area (Å²) in [5.74, 6) is 0.00799. The number of nitrogens with one attached hydrogen (secondary N) is 1. The number of phenols is 1. The lowest BCUT2D eigenvalue weighted by Gasteiger charge is -2.14. The van der Waals surface area contributed by atoms with Crippen molar-refractivity contribution in [2.45, 2.75) is 13.3 Å². The molecule has 0 fully saturated rings. The van der Waals surface area contributed by atoms with E-state index in [9.17, 15) is 4.79 Å². The van der Waals surface area contributed by atoms with Crippen molar-refractivity contribution in [3.63, 3.8) is 0 Å². The van der Waals surface area contributed by atoms with Gasteiger partial charge in [-0.1, -0.05) is 12.1 Å². The minimum absolute atomic E-state index is 0.0157. The number of hydrogen-bond acceptors (Lipinski definition) is 3. The van der Waals surface area contributed by atoms with Crippen LogP contribution in [0.2, 0.25) is 0 Å². The Hall–Kier alpha value is -1.55. The minimum Gasteiger partial charge on any atom is -0.508 e. The Bertz CT molecular complexity index is 335. The first-order valence-corrected chi connectivity index (χ1v) is 5.43. The number of carbonyl (C=O) groups excluding carboxylic acids is 1. The number of aromatic hydroxyl groups is 1. The zero-order chi connectivity index (χ0) is 12.0. The van der Waals surface area contributed by atoms with Gasteiger partial charge in [0.1, 0.15) is 5.75 Å². The highest BCUT2D eigenvalue weighted by Crippen LogP contribution is 2.13. The molecule has 1 aromatic rings. The van der Waals surface area contributed by atoms with Crippen LogP contribution in [-0.4, -0.2) is 24.1 Å². The predicted octanol–water partition coefficient (Wildman–Crippen LogP) is 0.646. The van der Waals surface area contributed by atoms with Gasteiger partial charge < -0.3 is 16.2 Å². The van der Waals surface area contributed by atoms with Crippen LogP contribution in [0.3, 0.4) is 0 Å². The maximum absolute atomic E-state index is 11.6. The van der Waals surface area contributed by atoms with Crippen LogP contribution in [0.4, 0.5) is 0 Å². The first kappa shape index (κ1) is 12.5. The topological polar surface area (TPSA) is 75.4 Å². The molecule has 1 rings (SSSR count). The third-order valence-electron chi connectivity index (χ3n) is 2.42. The molecule has 0 aromatic heterocycles. The van der Waals surface area contributed by atoms with Gasteiger partial charge in [-0.2, -0.15) is 0 Å². The quantitative estimate of drug-likeness (QED) is 0.684. The molecule has 0 saturated heterocycles. The summed E-state index contributed by atoms with van der Waals surface area (Å²) in [4.78, 5) is 11.6. The number of nitrogens with two attached hydrogens (primary N) is 1. The maximum Gasteiger partial charge on any atom is 0.224 e. The van der Waals surface area contributed by atoms with Crippen LogP contribution in [0.15, 0.2) is 24.3 Å². The van der Waals surface area contributed by atoms with Crippen LogP contribution in [0, 0.1) is 5.92 Å². The summed E-state index contributed by atoms with van der Waals surface area (Å²) >= 11 is 0. The maximum atomic E-state index is 11.6. The molecular weight excluding hydrogens is 204 g/mol. The van der Waals surface area contributed by atoms with Crippen LogP contribution >= 0.6 is 0 Å². The fourth-order valence-corrected chi connectivity index (χ4v) is 1.52. The molecular formula is C12H18N2O2. The van der Waals surface area contributed by atoms with Crippen molar-refractivity contribution in [3.05, 3.63) is 29.8 Å².